The maximum atomic E-state index is 6.72. The van der Waals surface area contributed by atoms with E-state index in [-0.39, 0.29) is 0 Å². The Hall–Kier alpha value is -6.88. The average molecular weight is 708 g/mol. The highest BCUT2D eigenvalue weighted by molar-refractivity contribution is 7.26. The van der Waals surface area contributed by atoms with Gasteiger partial charge in [-0.1, -0.05) is 109 Å². The van der Waals surface area contributed by atoms with Gasteiger partial charge >= 0.3 is 0 Å². The Labute approximate surface area is 313 Å². The van der Waals surface area contributed by atoms with Crippen molar-refractivity contribution in [2.45, 2.75) is 0 Å². The van der Waals surface area contributed by atoms with E-state index in [0.29, 0.717) is 0 Å². The molecule has 0 radical (unpaired) electrons. The van der Waals surface area contributed by atoms with E-state index in [0.717, 1.165) is 66.3 Å². The zero-order valence-corrected chi connectivity index (χ0v) is 29.7. The number of hydrogen-bond donors (Lipinski definition) is 0. The topological polar surface area (TPSA) is 29.5 Å². The fraction of sp³-hybridized carbons (Fsp3) is 0. The zero-order valence-electron chi connectivity index (χ0n) is 28.9. The number of thiophene rings is 1. The van der Waals surface area contributed by atoms with Crippen molar-refractivity contribution in [3.8, 4) is 11.1 Å². The van der Waals surface area contributed by atoms with Crippen molar-refractivity contribution in [1.29, 1.82) is 0 Å². The van der Waals surface area contributed by atoms with Crippen molar-refractivity contribution >= 4 is 114 Å². The van der Waals surface area contributed by atoms with Crippen LogP contribution in [-0.2, 0) is 0 Å². The molecule has 0 fully saturated rings. The van der Waals surface area contributed by atoms with Gasteiger partial charge in [0.2, 0.25) is 0 Å². The molecule has 0 aliphatic carbocycles. The van der Waals surface area contributed by atoms with Gasteiger partial charge in [-0.05, 0) is 94.0 Å². The second kappa shape index (κ2) is 11.3. The molecule has 3 heterocycles. The number of anilines is 3. The third-order valence-electron chi connectivity index (χ3n) is 11.0. The smallest absolute Gasteiger partial charge is 0.143 e. The van der Waals surface area contributed by atoms with Gasteiger partial charge in [0.1, 0.15) is 22.3 Å². The van der Waals surface area contributed by atoms with Crippen LogP contribution in [0, 0.1) is 0 Å². The average Bonchev–Trinajstić information content (AvgIpc) is 3.93. The predicted octanol–water partition coefficient (Wildman–Crippen LogP) is 15.3. The Morgan fingerprint density at radius 2 is 1.04 bits per heavy atom. The number of nitrogens with zero attached hydrogens (tertiary/aromatic N) is 1. The third-order valence-corrected chi connectivity index (χ3v) is 12.2. The summed E-state index contributed by atoms with van der Waals surface area (Å²) in [4.78, 5) is 2.43. The minimum absolute atomic E-state index is 0.865. The number of hydrogen-bond acceptors (Lipinski definition) is 4. The molecule has 0 bridgehead atoms. The van der Waals surface area contributed by atoms with Gasteiger partial charge in [0, 0.05) is 47.4 Å². The van der Waals surface area contributed by atoms with Crippen LogP contribution in [0.1, 0.15) is 0 Å². The largest absolute Gasteiger partial charge is 0.456 e. The Morgan fingerprint density at radius 3 is 1.93 bits per heavy atom. The summed E-state index contributed by atoms with van der Waals surface area (Å²) in [6, 6.07) is 63.0. The SMILES string of the molecule is c1ccc2cc(-c3ccc(N(c4cccc5oc6ccccc6c45)c4cccc5sc6ccc7oc8c9ccccc9ccc8c7c6c45)cc3)ccc2c1. The maximum absolute atomic E-state index is 6.72. The first-order valence-electron chi connectivity index (χ1n) is 18.2. The summed E-state index contributed by atoms with van der Waals surface area (Å²) in [5.41, 5.74) is 9.20. The fourth-order valence-electron chi connectivity index (χ4n) is 8.59. The highest BCUT2D eigenvalue weighted by Crippen LogP contribution is 2.51. The van der Waals surface area contributed by atoms with Gasteiger partial charge in [0.15, 0.2) is 0 Å². The van der Waals surface area contributed by atoms with E-state index in [4.69, 9.17) is 8.83 Å². The highest BCUT2D eigenvalue weighted by atomic mass is 32.1. The van der Waals surface area contributed by atoms with Crippen molar-refractivity contribution in [3.63, 3.8) is 0 Å². The molecule has 12 aromatic rings. The van der Waals surface area contributed by atoms with Crippen LogP contribution in [-0.4, -0.2) is 0 Å². The first kappa shape index (κ1) is 29.7. The number of para-hydroxylation sites is 1. The lowest BCUT2D eigenvalue weighted by molar-refractivity contribution is 0.669. The lowest BCUT2D eigenvalue weighted by Gasteiger charge is -2.27. The predicted molar refractivity (Wildman–Crippen MR) is 229 cm³/mol. The summed E-state index contributed by atoms with van der Waals surface area (Å²) in [5, 5.41) is 11.7. The van der Waals surface area contributed by atoms with Gasteiger partial charge < -0.3 is 13.7 Å². The van der Waals surface area contributed by atoms with E-state index in [2.05, 4.69) is 175 Å². The lowest BCUT2D eigenvalue weighted by Crippen LogP contribution is -2.10. The van der Waals surface area contributed by atoms with Crippen molar-refractivity contribution < 1.29 is 8.83 Å². The molecule has 0 atom stereocenters. The molecule has 0 aliphatic rings. The van der Waals surface area contributed by atoms with E-state index in [9.17, 15) is 0 Å². The zero-order chi connectivity index (χ0) is 35.3. The van der Waals surface area contributed by atoms with Crippen molar-refractivity contribution in [2.24, 2.45) is 0 Å². The Bertz CT molecular complexity index is 3460. The minimum Gasteiger partial charge on any atom is -0.456 e. The van der Waals surface area contributed by atoms with E-state index in [1.807, 2.05) is 17.4 Å². The van der Waals surface area contributed by atoms with Crippen LogP contribution in [0.3, 0.4) is 0 Å². The minimum atomic E-state index is 0.865. The molecular formula is C50H29NO2S. The van der Waals surface area contributed by atoms with Crippen molar-refractivity contribution in [1.82, 2.24) is 0 Å². The van der Waals surface area contributed by atoms with Crippen LogP contribution < -0.4 is 4.90 Å². The number of benzene rings is 9. The highest BCUT2D eigenvalue weighted by Gasteiger charge is 2.24. The third kappa shape index (κ3) is 4.29. The van der Waals surface area contributed by atoms with E-state index >= 15 is 0 Å². The molecule has 0 saturated heterocycles. The molecule has 252 valence electrons. The van der Waals surface area contributed by atoms with Gasteiger partial charge in [-0.3, -0.25) is 0 Å². The summed E-state index contributed by atoms with van der Waals surface area (Å²) in [6.07, 6.45) is 0. The van der Waals surface area contributed by atoms with E-state index in [1.54, 1.807) is 0 Å². The maximum Gasteiger partial charge on any atom is 0.143 e. The van der Waals surface area contributed by atoms with E-state index in [1.165, 1.54) is 47.5 Å². The van der Waals surface area contributed by atoms with Crippen molar-refractivity contribution in [2.75, 3.05) is 4.90 Å². The van der Waals surface area contributed by atoms with Crippen LogP contribution in [0.5, 0.6) is 0 Å². The van der Waals surface area contributed by atoms with Gasteiger partial charge in [-0.2, -0.15) is 0 Å². The van der Waals surface area contributed by atoms with Gasteiger partial charge in [0.05, 0.1) is 16.8 Å². The molecule has 0 amide bonds. The van der Waals surface area contributed by atoms with Crippen LogP contribution in [0.15, 0.2) is 185 Å². The van der Waals surface area contributed by atoms with Crippen LogP contribution in [0.4, 0.5) is 17.1 Å². The molecule has 3 nitrogen and oxygen atoms in total. The number of furan rings is 2. The second-order valence-corrected chi connectivity index (χ2v) is 15.1. The van der Waals surface area contributed by atoms with Crippen LogP contribution >= 0.6 is 11.3 Å². The first-order valence-corrected chi connectivity index (χ1v) is 19.1. The van der Waals surface area contributed by atoms with Gasteiger partial charge in [-0.25, -0.2) is 0 Å². The van der Waals surface area contributed by atoms with Gasteiger partial charge in [-0.15, -0.1) is 11.3 Å². The molecular weight excluding hydrogens is 679 g/mol. The molecule has 4 heteroatoms. The fourth-order valence-corrected chi connectivity index (χ4v) is 9.73. The first-order chi connectivity index (χ1) is 26.8. The lowest BCUT2D eigenvalue weighted by atomic mass is 9.99. The summed E-state index contributed by atoms with van der Waals surface area (Å²) >= 11 is 1.84. The molecule has 0 aliphatic heterocycles. The van der Waals surface area contributed by atoms with Crippen LogP contribution in [0.25, 0.3) is 96.7 Å². The molecule has 0 unspecified atom stereocenters. The van der Waals surface area contributed by atoms with Crippen LogP contribution in [0.2, 0.25) is 0 Å². The number of rotatable bonds is 4. The molecule has 0 N–H and O–H groups in total. The summed E-state index contributed by atoms with van der Waals surface area (Å²) < 4.78 is 15.6. The summed E-state index contributed by atoms with van der Waals surface area (Å²) in [7, 11) is 0. The monoisotopic (exact) mass is 707 g/mol. The molecule has 12 rings (SSSR count). The molecule has 0 saturated carbocycles. The second-order valence-electron chi connectivity index (χ2n) is 14.0. The summed E-state index contributed by atoms with van der Waals surface area (Å²) in [5.74, 6) is 0. The Kier molecular flexibility index (Phi) is 6.21. The Balaban J connectivity index is 1.15. The molecule has 54 heavy (non-hydrogen) atoms. The van der Waals surface area contributed by atoms with Gasteiger partial charge in [0.25, 0.3) is 0 Å². The molecule has 0 spiro atoms. The number of fused-ring (bicyclic) bond motifs is 13. The molecule has 3 aromatic heterocycles. The normalized spacial score (nSPS) is 12.1. The molecule has 9 aromatic carbocycles. The van der Waals surface area contributed by atoms with Crippen molar-refractivity contribution in [3.05, 3.63) is 176 Å². The Morgan fingerprint density at radius 1 is 0.370 bits per heavy atom. The summed E-state index contributed by atoms with van der Waals surface area (Å²) in [6.45, 7) is 0. The standard InChI is InChI=1S/C50H29NO2S/c1-2-11-33-29-34(20-19-30(33)9-1)31-21-24-35(25-22-31)51(39-14-7-17-42-46(39)37-13-5-6-16-41(37)52-42)40-15-8-18-44-48(40)49-45(54-44)28-27-43-47(49)38-26-23-32-10-3-4-12-36(32)50(38)53-43/h1-29H. The van der Waals surface area contributed by atoms with E-state index < -0.39 is 0 Å². The quantitative estimate of drug-likeness (QED) is 0.182.